The zero-order valence-corrected chi connectivity index (χ0v) is 10.9. The van der Waals surface area contributed by atoms with Crippen molar-refractivity contribution in [3.8, 4) is 0 Å². The molecule has 0 radical (unpaired) electrons. The van der Waals surface area contributed by atoms with Gasteiger partial charge in [-0.2, -0.15) is 0 Å². The number of hydrogen-bond donors (Lipinski definition) is 1. The first-order valence-electron chi connectivity index (χ1n) is 6.17. The van der Waals surface area contributed by atoms with Crippen LogP contribution in [0.15, 0.2) is 0 Å². The molecule has 5 heteroatoms. The fraction of sp³-hybridized carbons (Fsp3) is 1.00. The number of rotatable bonds is 8. The fourth-order valence-electron chi connectivity index (χ4n) is 1.84. The predicted octanol–water partition coefficient (Wildman–Crippen LogP) is 0.970. The minimum atomic E-state index is -2.79. The van der Waals surface area contributed by atoms with E-state index in [-0.39, 0.29) is 5.25 Å². The third-order valence-corrected chi connectivity index (χ3v) is 5.18. The van der Waals surface area contributed by atoms with Gasteiger partial charge in [0.05, 0.1) is 17.6 Å². The van der Waals surface area contributed by atoms with E-state index in [4.69, 9.17) is 4.74 Å². The lowest BCUT2D eigenvalue weighted by Gasteiger charge is -2.10. The highest BCUT2D eigenvalue weighted by molar-refractivity contribution is 7.92. The molecule has 1 atom stereocenters. The summed E-state index contributed by atoms with van der Waals surface area (Å²) in [6, 6.07) is 0. The molecule has 96 valence electrons. The molecule has 1 aliphatic rings. The van der Waals surface area contributed by atoms with E-state index in [1.54, 1.807) is 0 Å². The van der Waals surface area contributed by atoms with E-state index in [1.807, 2.05) is 0 Å². The smallest absolute Gasteiger partial charge is 0.154 e. The Morgan fingerprint density at radius 3 is 2.81 bits per heavy atom. The van der Waals surface area contributed by atoms with Gasteiger partial charge in [0.2, 0.25) is 0 Å². The van der Waals surface area contributed by atoms with Crippen molar-refractivity contribution >= 4 is 9.84 Å². The van der Waals surface area contributed by atoms with Crippen molar-refractivity contribution in [3.63, 3.8) is 0 Å². The standard InChI is InChI=1S/C11H23NO3S/c1-2-3-7-15-8-6-12-10-11-5-4-9-16(11,13)14/h11-12H,2-10H2,1H3. The summed E-state index contributed by atoms with van der Waals surface area (Å²) in [4.78, 5) is 0. The van der Waals surface area contributed by atoms with Gasteiger partial charge in [-0.15, -0.1) is 0 Å². The number of unbranched alkanes of at least 4 members (excludes halogenated alkanes) is 1. The fourth-order valence-corrected chi connectivity index (χ4v) is 3.64. The molecule has 0 bridgehead atoms. The molecule has 16 heavy (non-hydrogen) atoms. The van der Waals surface area contributed by atoms with Crippen LogP contribution in [0, 0.1) is 0 Å². The Balaban J connectivity index is 1.99. The van der Waals surface area contributed by atoms with Crippen molar-refractivity contribution < 1.29 is 13.2 Å². The van der Waals surface area contributed by atoms with Crippen molar-refractivity contribution in [3.05, 3.63) is 0 Å². The van der Waals surface area contributed by atoms with Crippen LogP contribution in [0.3, 0.4) is 0 Å². The Bertz CT molecular complexity index is 277. The molecule has 0 saturated carbocycles. The van der Waals surface area contributed by atoms with Gasteiger partial charge in [0.15, 0.2) is 9.84 Å². The summed E-state index contributed by atoms with van der Waals surface area (Å²) >= 11 is 0. The maximum Gasteiger partial charge on any atom is 0.154 e. The Morgan fingerprint density at radius 1 is 1.38 bits per heavy atom. The largest absolute Gasteiger partial charge is 0.380 e. The average molecular weight is 249 g/mol. The Morgan fingerprint density at radius 2 is 2.19 bits per heavy atom. The molecule has 1 fully saturated rings. The third-order valence-electron chi connectivity index (χ3n) is 2.90. The van der Waals surface area contributed by atoms with Crippen LogP contribution in [-0.4, -0.2) is 45.7 Å². The van der Waals surface area contributed by atoms with Gasteiger partial charge in [0.1, 0.15) is 0 Å². The molecule has 0 aromatic heterocycles. The van der Waals surface area contributed by atoms with E-state index in [2.05, 4.69) is 12.2 Å². The highest BCUT2D eigenvalue weighted by Crippen LogP contribution is 2.18. The van der Waals surface area contributed by atoms with Crippen molar-refractivity contribution in [2.45, 2.75) is 37.9 Å². The molecule has 0 spiro atoms. The minimum Gasteiger partial charge on any atom is -0.380 e. The highest BCUT2D eigenvalue weighted by Gasteiger charge is 2.30. The Hall–Kier alpha value is -0.130. The third kappa shape index (κ3) is 4.80. The number of sulfone groups is 1. The number of nitrogens with one attached hydrogen (secondary N) is 1. The van der Waals surface area contributed by atoms with E-state index in [0.717, 1.165) is 38.8 Å². The van der Waals surface area contributed by atoms with Crippen LogP contribution < -0.4 is 5.32 Å². The molecule has 0 aliphatic carbocycles. The summed E-state index contributed by atoms with van der Waals surface area (Å²) in [6.45, 7) is 4.94. The molecule has 4 nitrogen and oxygen atoms in total. The molecule has 1 rings (SSSR count). The van der Waals surface area contributed by atoms with Gasteiger partial charge in [-0.25, -0.2) is 8.42 Å². The van der Waals surface area contributed by atoms with Crippen LogP contribution in [0.25, 0.3) is 0 Å². The normalized spacial score (nSPS) is 23.7. The van der Waals surface area contributed by atoms with Gasteiger partial charge in [0, 0.05) is 19.7 Å². The summed E-state index contributed by atoms with van der Waals surface area (Å²) in [5.74, 6) is 0.367. The van der Waals surface area contributed by atoms with Crippen LogP contribution in [0.5, 0.6) is 0 Å². The van der Waals surface area contributed by atoms with E-state index >= 15 is 0 Å². The van der Waals surface area contributed by atoms with Gasteiger partial charge in [-0.3, -0.25) is 0 Å². The van der Waals surface area contributed by atoms with Gasteiger partial charge < -0.3 is 10.1 Å². The number of hydrogen-bond acceptors (Lipinski definition) is 4. The molecule has 1 unspecified atom stereocenters. The zero-order chi connectivity index (χ0) is 11.9. The van der Waals surface area contributed by atoms with Crippen LogP contribution in [0.1, 0.15) is 32.6 Å². The predicted molar refractivity (Wildman–Crippen MR) is 65.4 cm³/mol. The van der Waals surface area contributed by atoms with E-state index in [0.29, 0.717) is 18.9 Å². The van der Waals surface area contributed by atoms with E-state index in [1.165, 1.54) is 0 Å². The second-order valence-electron chi connectivity index (χ2n) is 4.30. The summed E-state index contributed by atoms with van der Waals surface area (Å²) in [5.41, 5.74) is 0. The lowest BCUT2D eigenvalue weighted by Crippen LogP contribution is -2.32. The van der Waals surface area contributed by atoms with Crippen molar-refractivity contribution in [2.24, 2.45) is 0 Å². The van der Waals surface area contributed by atoms with E-state index in [9.17, 15) is 8.42 Å². The lowest BCUT2D eigenvalue weighted by atomic mass is 10.2. The topological polar surface area (TPSA) is 55.4 Å². The quantitative estimate of drug-likeness (QED) is 0.651. The molecular formula is C11H23NO3S. The molecule has 1 saturated heterocycles. The zero-order valence-electron chi connectivity index (χ0n) is 10.1. The van der Waals surface area contributed by atoms with Gasteiger partial charge in [-0.05, 0) is 19.3 Å². The Labute approximate surface area is 98.7 Å². The second kappa shape index (κ2) is 7.25. The monoisotopic (exact) mass is 249 g/mol. The van der Waals surface area contributed by atoms with Crippen molar-refractivity contribution in [1.29, 1.82) is 0 Å². The van der Waals surface area contributed by atoms with Crippen molar-refractivity contribution in [1.82, 2.24) is 5.32 Å². The first kappa shape index (κ1) is 13.9. The molecule has 1 N–H and O–H groups in total. The van der Waals surface area contributed by atoms with Crippen LogP contribution in [0.4, 0.5) is 0 Å². The van der Waals surface area contributed by atoms with Crippen molar-refractivity contribution in [2.75, 3.05) is 32.1 Å². The number of ether oxygens (including phenoxy) is 1. The molecule has 0 amide bonds. The Kier molecular flexibility index (Phi) is 6.31. The minimum absolute atomic E-state index is 0.164. The van der Waals surface area contributed by atoms with Gasteiger partial charge in [0.25, 0.3) is 0 Å². The van der Waals surface area contributed by atoms with Gasteiger partial charge in [-0.1, -0.05) is 13.3 Å². The molecular weight excluding hydrogens is 226 g/mol. The van der Waals surface area contributed by atoms with Crippen LogP contribution >= 0.6 is 0 Å². The SMILES string of the molecule is CCCCOCCNCC1CCCS1(=O)=O. The average Bonchev–Trinajstić information content (AvgIpc) is 2.57. The van der Waals surface area contributed by atoms with Crippen LogP contribution in [0.2, 0.25) is 0 Å². The molecule has 0 aromatic rings. The van der Waals surface area contributed by atoms with E-state index < -0.39 is 9.84 Å². The molecule has 0 aromatic carbocycles. The summed E-state index contributed by atoms with van der Waals surface area (Å²) < 4.78 is 28.4. The lowest BCUT2D eigenvalue weighted by molar-refractivity contribution is 0.133. The maximum atomic E-state index is 11.5. The summed E-state index contributed by atoms with van der Waals surface area (Å²) in [6.07, 6.45) is 3.87. The summed E-state index contributed by atoms with van der Waals surface area (Å²) in [7, 11) is -2.79. The van der Waals surface area contributed by atoms with Gasteiger partial charge >= 0.3 is 0 Å². The highest BCUT2D eigenvalue weighted by atomic mass is 32.2. The van der Waals surface area contributed by atoms with Crippen LogP contribution in [-0.2, 0) is 14.6 Å². The first-order chi connectivity index (χ1) is 7.67. The molecule has 1 heterocycles. The second-order valence-corrected chi connectivity index (χ2v) is 6.70. The maximum absolute atomic E-state index is 11.5. The first-order valence-corrected chi connectivity index (χ1v) is 7.88. The molecule has 1 aliphatic heterocycles. The summed E-state index contributed by atoms with van der Waals surface area (Å²) in [5, 5.41) is 2.99.